The molecule has 0 aliphatic rings. The number of rotatable bonds is 0. The Kier molecular flexibility index (Phi) is 3.82. The molecule has 0 radical (unpaired) electrons. The molecule has 42 valence electrons. The second-order valence-electron chi connectivity index (χ2n) is 1.38. The van der Waals surface area contributed by atoms with Crippen molar-refractivity contribution in [3.8, 4) is 0 Å². The van der Waals surface area contributed by atoms with Gasteiger partial charge in [-0.05, 0) is 6.07 Å². The molecule has 1 rings (SSSR count). The van der Waals surface area contributed by atoms with Gasteiger partial charge in [-0.3, -0.25) is 0 Å². The van der Waals surface area contributed by atoms with Crippen LogP contribution in [0.3, 0.4) is 0 Å². The molecule has 0 spiro atoms. The van der Waals surface area contributed by atoms with Gasteiger partial charge in [0.2, 0.25) is 5.03 Å². The van der Waals surface area contributed by atoms with Gasteiger partial charge in [0, 0.05) is 12.1 Å². The first-order valence-electron chi connectivity index (χ1n) is 2.18. The Labute approximate surface area is 71.6 Å². The van der Waals surface area contributed by atoms with E-state index in [-0.39, 0.29) is 19.5 Å². The topological polar surface area (TPSA) is 26.9 Å². The van der Waals surface area contributed by atoms with Crippen molar-refractivity contribution in [3.63, 3.8) is 0 Å². The average molecular weight is 193 g/mol. The fraction of sp³-hybridized carbons (Fsp3) is 0. The van der Waals surface area contributed by atoms with Crippen molar-refractivity contribution in [1.29, 1.82) is 0 Å². The monoisotopic (exact) mass is 191 g/mol. The van der Waals surface area contributed by atoms with Crippen molar-refractivity contribution in [1.82, 2.24) is 0 Å². The van der Waals surface area contributed by atoms with Gasteiger partial charge in [0.15, 0.2) is 6.20 Å². The van der Waals surface area contributed by atoms with Gasteiger partial charge in [-0.1, -0.05) is 12.6 Å². The molecule has 0 bridgehead atoms. The van der Waals surface area contributed by atoms with Gasteiger partial charge >= 0.3 is 19.5 Å². The molecule has 0 saturated carbocycles. The molecule has 0 atom stereocenters. The number of aromatic nitrogens is 1. The van der Waals surface area contributed by atoms with Crippen LogP contribution < -0.4 is 4.73 Å². The molecule has 0 aliphatic heterocycles. The van der Waals surface area contributed by atoms with Gasteiger partial charge in [0.05, 0.1) is 0 Å². The molecule has 2 nitrogen and oxygen atoms in total. The van der Waals surface area contributed by atoms with E-state index in [4.69, 9.17) is 0 Å². The molecule has 0 amide bonds. The minimum absolute atomic E-state index is 0. The summed E-state index contributed by atoms with van der Waals surface area (Å²) >= 11 is 3.85. The quantitative estimate of drug-likeness (QED) is 0.277. The van der Waals surface area contributed by atoms with Gasteiger partial charge in [0.1, 0.15) is 0 Å². The maximum absolute atomic E-state index is 10.5. The zero-order valence-electron chi connectivity index (χ0n) is 4.82. The normalized spacial score (nSPS) is 8.11. The predicted octanol–water partition coefficient (Wildman–Crippen LogP) is 0.606. The fourth-order valence-corrected chi connectivity index (χ4v) is 0.572. The van der Waals surface area contributed by atoms with E-state index in [1.54, 1.807) is 18.2 Å². The third-order valence-corrected chi connectivity index (χ3v) is 1.15. The van der Waals surface area contributed by atoms with Gasteiger partial charge < -0.3 is 5.21 Å². The molecule has 0 fully saturated rings. The van der Waals surface area contributed by atoms with Crippen LogP contribution in [-0.2, 0) is 19.5 Å². The molecule has 4 heteroatoms. The molecule has 1 aromatic heterocycles. The molecule has 0 saturated heterocycles. The Morgan fingerprint density at radius 2 is 2.11 bits per heavy atom. The fourth-order valence-electron chi connectivity index (χ4n) is 0.419. The van der Waals surface area contributed by atoms with Crippen LogP contribution in [0.1, 0.15) is 0 Å². The van der Waals surface area contributed by atoms with E-state index < -0.39 is 0 Å². The Morgan fingerprint density at radius 1 is 1.44 bits per heavy atom. The summed E-state index contributed by atoms with van der Waals surface area (Å²) in [5.74, 6) is 0. The van der Waals surface area contributed by atoms with Crippen LogP contribution in [0, 0.1) is 5.21 Å². The van der Waals surface area contributed by atoms with Crippen LogP contribution in [-0.4, -0.2) is 0 Å². The Balaban J connectivity index is 0.000000640. The summed E-state index contributed by atoms with van der Waals surface area (Å²) < 4.78 is 0.698. The number of hydrogen-bond acceptors (Lipinski definition) is 2. The average Bonchev–Trinajstić information content (AvgIpc) is 1.77. The maximum Gasteiger partial charge on any atom is 2.00 e. The van der Waals surface area contributed by atoms with Crippen LogP contribution in [0.15, 0.2) is 29.4 Å². The summed E-state index contributed by atoms with van der Waals surface area (Å²) in [4.78, 5) is 0. The SMILES string of the molecule is [O-][n+]1ccccc1S.[Zn+2]. The van der Waals surface area contributed by atoms with Crippen molar-refractivity contribution in [2.45, 2.75) is 5.03 Å². The second-order valence-corrected chi connectivity index (χ2v) is 1.84. The van der Waals surface area contributed by atoms with Gasteiger partial charge in [0.25, 0.3) is 0 Å². The van der Waals surface area contributed by atoms with E-state index in [0.29, 0.717) is 9.76 Å². The predicted molar refractivity (Wildman–Crippen MR) is 32.7 cm³/mol. The van der Waals surface area contributed by atoms with Crippen molar-refractivity contribution >= 4 is 12.6 Å². The summed E-state index contributed by atoms with van der Waals surface area (Å²) in [6, 6.07) is 5.06. The standard InChI is InChI=1S/C5H5NOS.Zn/c7-6-4-2-1-3-5(6)8;/h1-4,8H;/q;+2. The summed E-state index contributed by atoms with van der Waals surface area (Å²) in [6.45, 7) is 0. The van der Waals surface area contributed by atoms with Crippen LogP contribution >= 0.6 is 12.6 Å². The van der Waals surface area contributed by atoms with E-state index in [9.17, 15) is 5.21 Å². The van der Waals surface area contributed by atoms with E-state index in [1.165, 1.54) is 6.20 Å². The second kappa shape index (κ2) is 3.86. The van der Waals surface area contributed by atoms with Crippen LogP contribution in [0.5, 0.6) is 0 Å². The van der Waals surface area contributed by atoms with Crippen LogP contribution in [0.4, 0.5) is 0 Å². The molecule has 1 heterocycles. The van der Waals surface area contributed by atoms with E-state index in [1.807, 2.05) is 0 Å². The minimum atomic E-state index is 0. The summed E-state index contributed by atoms with van der Waals surface area (Å²) in [7, 11) is 0. The number of nitrogens with zero attached hydrogens (tertiary/aromatic N) is 1. The van der Waals surface area contributed by atoms with Crippen molar-refractivity contribution < 1.29 is 24.2 Å². The molecular formula is C5H5NOSZn+2. The molecule has 0 N–H and O–H groups in total. The zero-order valence-corrected chi connectivity index (χ0v) is 8.68. The Bertz CT molecular complexity index is 173. The smallest absolute Gasteiger partial charge is 0.618 e. The van der Waals surface area contributed by atoms with Crippen molar-refractivity contribution in [2.75, 3.05) is 0 Å². The number of pyridine rings is 1. The van der Waals surface area contributed by atoms with E-state index in [0.717, 1.165) is 0 Å². The number of hydrogen-bond donors (Lipinski definition) is 1. The van der Waals surface area contributed by atoms with Gasteiger partial charge in [-0.25, -0.2) is 0 Å². The van der Waals surface area contributed by atoms with Crippen molar-refractivity contribution in [2.24, 2.45) is 0 Å². The Morgan fingerprint density at radius 3 is 2.44 bits per heavy atom. The largest absolute Gasteiger partial charge is 2.00 e. The minimum Gasteiger partial charge on any atom is -0.618 e. The zero-order chi connectivity index (χ0) is 5.98. The molecule has 1 aromatic rings. The number of thiol groups is 1. The van der Waals surface area contributed by atoms with Gasteiger partial charge in [-0.15, -0.1) is 0 Å². The van der Waals surface area contributed by atoms with Crippen LogP contribution in [0.2, 0.25) is 0 Å². The van der Waals surface area contributed by atoms with E-state index in [2.05, 4.69) is 12.6 Å². The molecule has 0 unspecified atom stereocenters. The first kappa shape index (κ1) is 8.92. The van der Waals surface area contributed by atoms with E-state index >= 15 is 0 Å². The van der Waals surface area contributed by atoms with Crippen molar-refractivity contribution in [3.05, 3.63) is 29.6 Å². The third kappa shape index (κ3) is 2.33. The van der Waals surface area contributed by atoms with Gasteiger partial charge in [-0.2, -0.15) is 4.73 Å². The maximum atomic E-state index is 10.5. The molecular weight excluding hydrogens is 188 g/mol. The first-order valence-corrected chi connectivity index (χ1v) is 2.62. The molecule has 9 heavy (non-hydrogen) atoms. The third-order valence-electron chi connectivity index (χ3n) is 0.804. The summed E-state index contributed by atoms with van der Waals surface area (Å²) in [6.07, 6.45) is 1.41. The molecule has 0 aliphatic carbocycles. The molecule has 0 aromatic carbocycles. The van der Waals surface area contributed by atoms with Crippen LogP contribution in [0.25, 0.3) is 0 Å². The first-order chi connectivity index (χ1) is 3.80. The summed E-state index contributed by atoms with van der Waals surface area (Å²) in [5.41, 5.74) is 0. The Hall–Kier alpha value is -0.0766. The summed E-state index contributed by atoms with van der Waals surface area (Å²) in [5, 5.41) is 10.9.